The topological polar surface area (TPSA) is 111 Å². The first kappa shape index (κ1) is 22.1. The van der Waals surface area contributed by atoms with E-state index in [0.717, 1.165) is 36.3 Å². The van der Waals surface area contributed by atoms with Gasteiger partial charge in [0.1, 0.15) is 17.1 Å². The lowest BCUT2D eigenvalue weighted by atomic mass is 9.97. The number of hydrogen-bond donors (Lipinski definition) is 2. The minimum Gasteiger partial charge on any atom is -0.497 e. The number of carbonyl (C=O) groups excluding carboxylic acids is 1. The van der Waals surface area contributed by atoms with Crippen LogP contribution in [0.2, 0.25) is 0 Å². The summed E-state index contributed by atoms with van der Waals surface area (Å²) in [5.74, 6) is -0.273. The SMILES string of the molecule is COc1ccc(/C=C/C(=O)c2c(O)n(CCC3=CCCCC3)c(=O)[nH]c2=O)c(OC)c1. The van der Waals surface area contributed by atoms with Gasteiger partial charge in [0.15, 0.2) is 5.78 Å². The summed E-state index contributed by atoms with van der Waals surface area (Å²) in [4.78, 5) is 39.3. The van der Waals surface area contributed by atoms with E-state index in [1.165, 1.54) is 25.9 Å². The second kappa shape index (κ2) is 9.97. The zero-order valence-electron chi connectivity index (χ0n) is 17.6. The zero-order chi connectivity index (χ0) is 22.4. The first-order valence-corrected chi connectivity index (χ1v) is 10.1. The fourth-order valence-electron chi connectivity index (χ4n) is 3.58. The minimum absolute atomic E-state index is 0.184. The van der Waals surface area contributed by atoms with Crippen molar-refractivity contribution < 1.29 is 19.4 Å². The number of aromatic hydroxyl groups is 1. The molecule has 3 rings (SSSR count). The predicted molar refractivity (Wildman–Crippen MR) is 117 cm³/mol. The number of aromatic nitrogens is 2. The molecule has 0 radical (unpaired) electrons. The Hall–Kier alpha value is -3.55. The molecule has 0 spiro atoms. The van der Waals surface area contributed by atoms with Crippen molar-refractivity contribution in [1.82, 2.24) is 9.55 Å². The van der Waals surface area contributed by atoms with Crippen molar-refractivity contribution in [2.45, 2.75) is 38.6 Å². The van der Waals surface area contributed by atoms with Gasteiger partial charge >= 0.3 is 5.69 Å². The third-order valence-corrected chi connectivity index (χ3v) is 5.31. The molecule has 164 valence electrons. The van der Waals surface area contributed by atoms with Crippen LogP contribution in [0.1, 0.15) is 48.0 Å². The number of nitrogens with zero attached hydrogens (tertiary/aromatic N) is 1. The van der Waals surface area contributed by atoms with Crippen molar-refractivity contribution >= 4 is 11.9 Å². The molecule has 0 unspecified atom stereocenters. The van der Waals surface area contributed by atoms with Crippen molar-refractivity contribution in [3.8, 4) is 17.4 Å². The van der Waals surface area contributed by atoms with E-state index in [0.29, 0.717) is 23.5 Å². The lowest BCUT2D eigenvalue weighted by Gasteiger charge is -2.14. The molecular weight excluding hydrogens is 400 g/mol. The lowest BCUT2D eigenvalue weighted by Crippen LogP contribution is -2.33. The van der Waals surface area contributed by atoms with Crippen molar-refractivity contribution in [1.29, 1.82) is 0 Å². The van der Waals surface area contributed by atoms with Gasteiger partial charge in [0, 0.05) is 18.2 Å². The Morgan fingerprint density at radius 1 is 1.23 bits per heavy atom. The summed E-state index contributed by atoms with van der Waals surface area (Å²) < 4.78 is 11.5. The third kappa shape index (κ3) is 5.14. The number of aromatic amines is 1. The number of hydrogen-bond acceptors (Lipinski definition) is 6. The smallest absolute Gasteiger partial charge is 0.331 e. The number of ketones is 1. The van der Waals surface area contributed by atoms with Crippen LogP contribution < -0.4 is 20.7 Å². The molecule has 0 amide bonds. The van der Waals surface area contributed by atoms with E-state index in [2.05, 4.69) is 11.1 Å². The highest BCUT2D eigenvalue weighted by Crippen LogP contribution is 2.26. The normalized spacial score (nSPS) is 13.8. The molecule has 1 heterocycles. The van der Waals surface area contributed by atoms with E-state index < -0.39 is 28.5 Å². The Labute approximate surface area is 179 Å². The summed E-state index contributed by atoms with van der Waals surface area (Å²) in [5, 5.41) is 10.5. The van der Waals surface area contributed by atoms with E-state index in [-0.39, 0.29) is 6.54 Å². The molecule has 0 atom stereocenters. The van der Waals surface area contributed by atoms with Crippen molar-refractivity contribution in [2.75, 3.05) is 14.2 Å². The van der Waals surface area contributed by atoms with Gasteiger partial charge in [-0.05, 0) is 56.4 Å². The molecule has 0 aliphatic heterocycles. The van der Waals surface area contributed by atoms with Crippen LogP contribution in [-0.2, 0) is 6.54 Å². The quantitative estimate of drug-likeness (QED) is 0.381. The molecule has 1 aliphatic rings. The van der Waals surface area contributed by atoms with Gasteiger partial charge in [0.25, 0.3) is 5.56 Å². The van der Waals surface area contributed by atoms with Crippen LogP contribution in [0.4, 0.5) is 0 Å². The Morgan fingerprint density at radius 2 is 2.03 bits per heavy atom. The molecule has 8 nitrogen and oxygen atoms in total. The number of nitrogens with one attached hydrogen (secondary N) is 1. The summed E-state index contributed by atoms with van der Waals surface area (Å²) in [5.41, 5.74) is -0.336. The maximum absolute atomic E-state index is 12.7. The molecule has 1 aliphatic carbocycles. The number of H-pyrrole nitrogens is 1. The number of allylic oxidation sites excluding steroid dienone is 3. The van der Waals surface area contributed by atoms with Gasteiger partial charge in [0.2, 0.25) is 5.88 Å². The Kier molecular flexibility index (Phi) is 7.12. The maximum atomic E-state index is 12.7. The van der Waals surface area contributed by atoms with Crippen LogP contribution in [0.5, 0.6) is 17.4 Å². The molecule has 2 N–H and O–H groups in total. The fraction of sp³-hybridized carbons (Fsp3) is 0.348. The van der Waals surface area contributed by atoms with Gasteiger partial charge in [-0.25, -0.2) is 4.79 Å². The summed E-state index contributed by atoms with van der Waals surface area (Å²) in [6, 6.07) is 5.07. The van der Waals surface area contributed by atoms with E-state index in [1.807, 2.05) is 0 Å². The fourth-order valence-corrected chi connectivity index (χ4v) is 3.58. The summed E-state index contributed by atoms with van der Waals surface area (Å²) in [7, 11) is 3.02. The monoisotopic (exact) mass is 426 g/mol. The Bertz CT molecular complexity index is 1140. The summed E-state index contributed by atoms with van der Waals surface area (Å²) in [6.07, 6.45) is 9.57. The lowest BCUT2D eigenvalue weighted by molar-refractivity contribution is 0.104. The van der Waals surface area contributed by atoms with Gasteiger partial charge in [-0.1, -0.05) is 11.6 Å². The molecule has 0 saturated heterocycles. The van der Waals surface area contributed by atoms with E-state index in [1.54, 1.807) is 18.2 Å². The van der Waals surface area contributed by atoms with E-state index >= 15 is 0 Å². The number of methoxy groups -OCH3 is 2. The zero-order valence-corrected chi connectivity index (χ0v) is 17.6. The van der Waals surface area contributed by atoms with Crippen molar-refractivity contribution in [2.24, 2.45) is 0 Å². The predicted octanol–water partition coefficient (Wildman–Crippen LogP) is 3.05. The van der Waals surface area contributed by atoms with Crippen LogP contribution >= 0.6 is 0 Å². The van der Waals surface area contributed by atoms with Gasteiger partial charge < -0.3 is 14.6 Å². The highest BCUT2D eigenvalue weighted by Gasteiger charge is 2.19. The van der Waals surface area contributed by atoms with Crippen molar-refractivity contribution in [3.63, 3.8) is 0 Å². The molecule has 0 bridgehead atoms. The first-order chi connectivity index (χ1) is 14.9. The average molecular weight is 426 g/mol. The van der Waals surface area contributed by atoms with Gasteiger partial charge in [-0.3, -0.25) is 19.1 Å². The summed E-state index contributed by atoms with van der Waals surface area (Å²) >= 11 is 0. The number of rotatable bonds is 8. The molecule has 31 heavy (non-hydrogen) atoms. The second-order valence-corrected chi connectivity index (χ2v) is 7.27. The highest BCUT2D eigenvalue weighted by molar-refractivity contribution is 6.08. The van der Waals surface area contributed by atoms with Gasteiger partial charge in [0.05, 0.1) is 14.2 Å². The molecule has 8 heteroatoms. The average Bonchev–Trinajstić information content (AvgIpc) is 2.77. The Morgan fingerprint density at radius 3 is 2.71 bits per heavy atom. The third-order valence-electron chi connectivity index (χ3n) is 5.31. The number of benzene rings is 1. The van der Waals surface area contributed by atoms with Crippen LogP contribution in [-0.4, -0.2) is 34.7 Å². The molecule has 2 aromatic rings. The number of carbonyl (C=O) groups is 1. The van der Waals surface area contributed by atoms with Crippen LogP contribution in [0.3, 0.4) is 0 Å². The first-order valence-electron chi connectivity index (χ1n) is 10.1. The molecular formula is C23H26N2O6. The summed E-state index contributed by atoms with van der Waals surface area (Å²) in [6.45, 7) is 0.184. The van der Waals surface area contributed by atoms with Crippen LogP contribution in [0, 0.1) is 0 Å². The molecule has 0 saturated carbocycles. The van der Waals surface area contributed by atoms with Gasteiger partial charge in [-0.2, -0.15) is 0 Å². The molecule has 0 fully saturated rings. The number of ether oxygens (including phenoxy) is 2. The minimum atomic E-state index is -0.924. The van der Waals surface area contributed by atoms with Crippen LogP contribution in [0.15, 0.2) is 45.5 Å². The van der Waals surface area contributed by atoms with E-state index in [9.17, 15) is 19.5 Å². The van der Waals surface area contributed by atoms with Crippen molar-refractivity contribution in [3.05, 3.63) is 67.9 Å². The maximum Gasteiger partial charge on any atom is 0.331 e. The van der Waals surface area contributed by atoms with Gasteiger partial charge in [-0.15, -0.1) is 0 Å². The molecule has 1 aromatic heterocycles. The molecule has 1 aromatic carbocycles. The Balaban J connectivity index is 1.87. The largest absolute Gasteiger partial charge is 0.497 e. The second-order valence-electron chi connectivity index (χ2n) is 7.27. The highest BCUT2D eigenvalue weighted by atomic mass is 16.5. The van der Waals surface area contributed by atoms with Crippen LogP contribution in [0.25, 0.3) is 6.08 Å². The standard InChI is InChI=1S/C23H26N2O6/c1-30-17-10-8-16(19(14-17)31-2)9-11-18(26)20-21(27)24-23(29)25(22(20)28)13-12-15-6-4-3-5-7-15/h6,8-11,14,28H,3-5,7,12-13H2,1-2H3,(H,24,27,29)/b11-9+. The van der Waals surface area contributed by atoms with E-state index in [4.69, 9.17) is 9.47 Å².